The number of nitrogens with zero attached hydrogens (tertiary/aromatic N) is 2. The molecular formula is C28H28N2O2. The van der Waals surface area contributed by atoms with Crippen molar-refractivity contribution in [3.05, 3.63) is 106 Å². The van der Waals surface area contributed by atoms with E-state index < -0.39 is 0 Å². The monoisotopic (exact) mass is 424 g/mol. The first kappa shape index (κ1) is 20.5. The van der Waals surface area contributed by atoms with Gasteiger partial charge in [-0.1, -0.05) is 65.7 Å². The minimum Gasteiger partial charge on any atom is -0.445 e. The van der Waals surface area contributed by atoms with Crippen LogP contribution in [0.5, 0.6) is 0 Å². The first-order chi connectivity index (χ1) is 15.7. The van der Waals surface area contributed by atoms with Gasteiger partial charge in [0.05, 0.1) is 5.69 Å². The van der Waals surface area contributed by atoms with Gasteiger partial charge in [-0.2, -0.15) is 0 Å². The van der Waals surface area contributed by atoms with Crippen LogP contribution in [0.3, 0.4) is 0 Å². The van der Waals surface area contributed by atoms with E-state index in [1.807, 2.05) is 47.5 Å². The smallest absolute Gasteiger partial charge is 0.410 e. The molecule has 1 aliphatic heterocycles. The zero-order valence-corrected chi connectivity index (χ0v) is 18.5. The lowest BCUT2D eigenvalue weighted by atomic mass is 9.88. The van der Waals surface area contributed by atoms with Crippen LogP contribution in [0.4, 0.5) is 4.79 Å². The van der Waals surface area contributed by atoms with E-state index in [4.69, 9.17) is 9.72 Å². The fourth-order valence-electron chi connectivity index (χ4n) is 4.81. The Balaban J connectivity index is 1.38. The molecule has 1 fully saturated rings. The summed E-state index contributed by atoms with van der Waals surface area (Å²) in [6, 6.07) is 20.8. The highest BCUT2D eigenvalue weighted by atomic mass is 16.6. The molecule has 0 N–H and O–H groups in total. The van der Waals surface area contributed by atoms with Gasteiger partial charge in [0.1, 0.15) is 6.61 Å². The van der Waals surface area contributed by atoms with Gasteiger partial charge in [-0.3, -0.25) is 4.98 Å². The summed E-state index contributed by atoms with van der Waals surface area (Å²) in [4.78, 5) is 19.3. The number of likely N-dealkylation sites (tertiary alicyclic amines) is 1. The predicted molar refractivity (Wildman–Crippen MR) is 126 cm³/mol. The maximum atomic E-state index is 12.6. The SMILES string of the molecule is Cc1ccc2c(c1)CCc1cccnc1C2=C1CCN(C(=O)OCc2ccccc2)CC1. The van der Waals surface area contributed by atoms with Crippen molar-refractivity contribution in [3.63, 3.8) is 0 Å². The van der Waals surface area contributed by atoms with Crippen molar-refractivity contribution in [1.29, 1.82) is 0 Å². The first-order valence-corrected chi connectivity index (χ1v) is 11.4. The quantitative estimate of drug-likeness (QED) is 0.528. The maximum absolute atomic E-state index is 12.6. The number of aromatic nitrogens is 1. The molecule has 1 aromatic heterocycles. The third-order valence-electron chi connectivity index (χ3n) is 6.51. The number of carbonyl (C=O) groups excluding carboxylic acids is 1. The van der Waals surface area contributed by atoms with E-state index in [-0.39, 0.29) is 6.09 Å². The van der Waals surface area contributed by atoms with E-state index in [2.05, 4.69) is 31.2 Å². The second kappa shape index (κ2) is 8.99. The maximum Gasteiger partial charge on any atom is 0.410 e. The van der Waals surface area contributed by atoms with Gasteiger partial charge in [0.15, 0.2) is 0 Å². The Hall–Kier alpha value is -3.40. The Labute approximate surface area is 189 Å². The lowest BCUT2D eigenvalue weighted by molar-refractivity contribution is 0.0936. The van der Waals surface area contributed by atoms with Crippen LogP contribution in [0.15, 0.2) is 72.4 Å². The third kappa shape index (κ3) is 4.18. The fourth-order valence-corrected chi connectivity index (χ4v) is 4.81. The van der Waals surface area contributed by atoms with Crippen LogP contribution in [0.2, 0.25) is 0 Å². The Kier molecular flexibility index (Phi) is 5.76. The molecule has 32 heavy (non-hydrogen) atoms. The summed E-state index contributed by atoms with van der Waals surface area (Å²) in [7, 11) is 0. The third-order valence-corrected chi connectivity index (χ3v) is 6.51. The van der Waals surface area contributed by atoms with Crippen molar-refractivity contribution in [2.75, 3.05) is 13.1 Å². The molecule has 0 saturated carbocycles. The Morgan fingerprint density at radius 3 is 2.53 bits per heavy atom. The number of aryl methyl sites for hydroxylation is 3. The Bertz CT molecular complexity index is 1160. The van der Waals surface area contributed by atoms with E-state index in [1.165, 1.54) is 33.4 Å². The molecule has 3 aromatic rings. The molecule has 0 unspecified atom stereocenters. The van der Waals surface area contributed by atoms with Crippen LogP contribution >= 0.6 is 0 Å². The van der Waals surface area contributed by atoms with Crippen LogP contribution in [0.25, 0.3) is 5.57 Å². The zero-order valence-electron chi connectivity index (χ0n) is 18.5. The summed E-state index contributed by atoms with van der Waals surface area (Å²) in [5.41, 5.74) is 10.1. The standard InChI is InChI=1S/C28H28N2O2/c1-20-9-12-25-24(18-20)11-10-23-8-5-15-29-27(23)26(25)22-13-16-30(17-14-22)28(31)32-19-21-6-3-2-4-7-21/h2-9,12,15,18H,10-11,13-14,16-17,19H2,1H3. The van der Waals surface area contributed by atoms with Crippen molar-refractivity contribution >= 4 is 11.7 Å². The number of pyridine rings is 1. The normalized spacial score (nSPS) is 15.6. The van der Waals surface area contributed by atoms with E-state index in [9.17, 15) is 4.79 Å². The molecule has 1 aliphatic carbocycles. The Morgan fingerprint density at radius 1 is 0.938 bits per heavy atom. The lowest BCUT2D eigenvalue weighted by Crippen LogP contribution is -2.37. The lowest BCUT2D eigenvalue weighted by Gasteiger charge is -2.29. The minimum atomic E-state index is -0.228. The molecule has 1 saturated heterocycles. The van der Waals surface area contributed by atoms with Crippen molar-refractivity contribution in [2.45, 2.75) is 39.2 Å². The summed E-state index contributed by atoms with van der Waals surface area (Å²) < 4.78 is 5.55. The predicted octanol–water partition coefficient (Wildman–Crippen LogP) is 5.72. The second-order valence-electron chi connectivity index (χ2n) is 8.68. The molecule has 2 heterocycles. The van der Waals surface area contributed by atoms with Crippen molar-refractivity contribution in [1.82, 2.24) is 9.88 Å². The number of ether oxygens (including phenoxy) is 1. The largest absolute Gasteiger partial charge is 0.445 e. The first-order valence-electron chi connectivity index (χ1n) is 11.4. The van der Waals surface area contributed by atoms with Gasteiger partial charge in [0.25, 0.3) is 0 Å². The highest BCUT2D eigenvalue weighted by Gasteiger charge is 2.27. The van der Waals surface area contributed by atoms with Gasteiger partial charge in [-0.15, -0.1) is 0 Å². The molecule has 0 spiro atoms. The van der Waals surface area contributed by atoms with E-state index >= 15 is 0 Å². The number of fused-ring (bicyclic) bond motifs is 2. The van der Waals surface area contributed by atoms with Crippen molar-refractivity contribution in [2.24, 2.45) is 0 Å². The number of hydrogen-bond donors (Lipinski definition) is 0. The topological polar surface area (TPSA) is 42.4 Å². The van der Waals surface area contributed by atoms with Crippen LogP contribution in [0.1, 0.15) is 46.4 Å². The second-order valence-corrected chi connectivity index (χ2v) is 8.68. The number of benzene rings is 2. The molecule has 5 rings (SSSR count). The van der Waals surface area contributed by atoms with E-state index in [0.29, 0.717) is 19.7 Å². The van der Waals surface area contributed by atoms with Gasteiger partial charge in [0, 0.05) is 24.9 Å². The van der Waals surface area contributed by atoms with Crippen LogP contribution in [-0.2, 0) is 24.2 Å². The van der Waals surface area contributed by atoms with Gasteiger partial charge in [0.2, 0.25) is 0 Å². The van der Waals surface area contributed by atoms with Gasteiger partial charge in [-0.25, -0.2) is 4.79 Å². The highest BCUT2D eigenvalue weighted by Crippen LogP contribution is 2.38. The molecule has 4 heteroatoms. The number of hydrogen-bond acceptors (Lipinski definition) is 3. The average molecular weight is 425 g/mol. The summed E-state index contributed by atoms with van der Waals surface area (Å²) in [6.07, 6.45) is 5.40. The minimum absolute atomic E-state index is 0.228. The summed E-state index contributed by atoms with van der Waals surface area (Å²) >= 11 is 0. The van der Waals surface area contributed by atoms with Crippen LogP contribution < -0.4 is 0 Å². The summed E-state index contributed by atoms with van der Waals surface area (Å²) in [6.45, 7) is 3.82. The van der Waals surface area contributed by atoms with Gasteiger partial charge in [-0.05, 0) is 60.9 Å². The Morgan fingerprint density at radius 2 is 1.72 bits per heavy atom. The van der Waals surface area contributed by atoms with Gasteiger partial charge < -0.3 is 9.64 Å². The number of piperidine rings is 1. The molecule has 2 aliphatic rings. The van der Waals surface area contributed by atoms with E-state index in [0.717, 1.165) is 36.9 Å². The van der Waals surface area contributed by atoms with Crippen molar-refractivity contribution < 1.29 is 9.53 Å². The number of amides is 1. The molecule has 0 bridgehead atoms. The highest BCUT2D eigenvalue weighted by molar-refractivity contribution is 5.84. The zero-order chi connectivity index (χ0) is 21.9. The molecule has 0 radical (unpaired) electrons. The fraction of sp³-hybridized carbons (Fsp3) is 0.286. The molecule has 2 aromatic carbocycles. The average Bonchev–Trinajstić information content (AvgIpc) is 3.00. The summed E-state index contributed by atoms with van der Waals surface area (Å²) in [5, 5.41) is 0. The molecule has 162 valence electrons. The number of carbonyl (C=O) groups is 1. The molecule has 0 atom stereocenters. The molecular weight excluding hydrogens is 396 g/mol. The summed E-state index contributed by atoms with van der Waals surface area (Å²) in [5.74, 6) is 0. The van der Waals surface area contributed by atoms with Crippen LogP contribution in [0, 0.1) is 6.92 Å². The van der Waals surface area contributed by atoms with Crippen LogP contribution in [-0.4, -0.2) is 29.1 Å². The van der Waals surface area contributed by atoms with E-state index in [1.54, 1.807) is 0 Å². The molecule has 1 amide bonds. The van der Waals surface area contributed by atoms with Gasteiger partial charge >= 0.3 is 6.09 Å². The molecule has 4 nitrogen and oxygen atoms in total. The number of rotatable bonds is 2. The van der Waals surface area contributed by atoms with Crippen molar-refractivity contribution in [3.8, 4) is 0 Å².